The summed E-state index contributed by atoms with van der Waals surface area (Å²) in [4.78, 5) is 25.1. The van der Waals surface area contributed by atoms with Crippen LogP contribution < -0.4 is 11.1 Å². The molecular weight excluding hydrogens is 364 g/mol. The van der Waals surface area contributed by atoms with Gasteiger partial charge < -0.3 is 20.6 Å². The van der Waals surface area contributed by atoms with Crippen LogP contribution in [0.15, 0.2) is 11.4 Å². The molecule has 0 bridgehead atoms. The molecule has 1 aliphatic heterocycles. The van der Waals surface area contributed by atoms with Crippen molar-refractivity contribution in [3.05, 3.63) is 21.9 Å². The van der Waals surface area contributed by atoms with Gasteiger partial charge >= 0.3 is 6.09 Å². The number of hydrogen-bond acceptors (Lipinski definition) is 6. The number of aryl methyl sites for hydroxylation is 1. The van der Waals surface area contributed by atoms with Crippen molar-refractivity contribution in [2.75, 3.05) is 13.6 Å². The molecule has 1 unspecified atom stereocenters. The van der Waals surface area contributed by atoms with E-state index in [1.807, 2.05) is 39.2 Å². The fourth-order valence-electron chi connectivity index (χ4n) is 2.30. The van der Waals surface area contributed by atoms with E-state index in [1.165, 1.54) is 15.3 Å². The van der Waals surface area contributed by atoms with E-state index in [2.05, 4.69) is 36.3 Å². The average Bonchev–Trinajstić information content (AvgIpc) is 3.22. The second-order valence-electron chi connectivity index (χ2n) is 7.22. The van der Waals surface area contributed by atoms with Crippen molar-refractivity contribution >= 4 is 30.1 Å². The van der Waals surface area contributed by atoms with E-state index in [0.29, 0.717) is 12.6 Å². The number of carbonyl (C=O) groups excluding carboxylic acids is 2. The Morgan fingerprint density at radius 2 is 2.11 bits per heavy atom. The first-order valence-electron chi connectivity index (χ1n) is 8.97. The summed E-state index contributed by atoms with van der Waals surface area (Å²) in [6.07, 6.45) is 2.81. The highest BCUT2D eigenvalue weighted by molar-refractivity contribution is 7.10. The summed E-state index contributed by atoms with van der Waals surface area (Å²) in [6.45, 7) is 10.4. The van der Waals surface area contributed by atoms with Gasteiger partial charge in [0.15, 0.2) is 0 Å². The number of thiophene rings is 1. The first-order chi connectivity index (χ1) is 12.6. The summed E-state index contributed by atoms with van der Waals surface area (Å²) in [5.41, 5.74) is 5.26. The number of likely N-dealkylation sites (tertiary alicyclic amines) is 1. The molecule has 1 aromatic rings. The van der Waals surface area contributed by atoms with Crippen LogP contribution in [0.5, 0.6) is 0 Å². The predicted molar refractivity (Wildman–Crippen MR) is 112 cm³/mol. The van der Waals surface area contributed by atoms with E-state index in [0.717, 1.165) is 25.5 Å². The summed E-state index contributed by atoms with van der Waals surface area (Å²) in [5, 5.41) is 11.2. The van der Waals surface area contributed by atoms with E-state index >= 15 is 0 Å². The minimum atomic E-state index is -0.493. The molecule has 0 aliphatic carbocycles. The summed E-state index contributed by atoms with van der Waals surface area (Å²) in [5.74, 6) is 0. The third-order valence-electron chi connectivity index (χ3n) is 3.69. The van der Waals surface area contributed by atoms with Crippen molar-refractivity contribution < 1.29 is 14.3 Å². The minimum absolute atomic E-state index is 0.287. The minimum Gasteiger partial charge on any atom is -0.444 e. The molecule has 0 saturated carbocycles. The molecule has 0 aromatic carbocycles. The van der Waals surface area contributed by atoms with Crippen LogP contribution in [0.4, 0.5) is 4.79 Å². The van der Waals surface area contributed by atoms with Gasteiger partial charge in [-0.05, 0) is 71.5 Å². The number of rotatable bonds is 3. The number of carbonyl (C=O) groups is 2. The van der Waals surface area contributed by atoms with Gasteiger partial charge in [-0.3, -0.25) is 10.3 Å². The van der Waals surface area contributed by atoms with Gasteiger partial charge in [0, 0.05) is 17.5 Å². The van der Waals surface area contributed by atoms with Crippen LogP contribution >= 0.6 is 11.3 Å². The second kappa shape index (κ2) is 12.5. The maximum Gasteiger partial charge on any atom is 0.410 e. The third kappa shape index (κ3) is 10.1. The summed E-state index contributed by atoms with van der Waals surface area (Å²) < 4.78 is 5.18. The average molecular weight is 399 g/mol. The van der Waals surface area contributed by atoms with Crippen LogP contribution in [0.2, 0.25) is 0 Å². The van der Waals surface area contributed by atoms with E-state index in [9.17, 15) is 9.59 Å². The van der Waals surface area contributed by atoms with E-state index in [1.54, 1.807) is 0 Å². The molecule has 1 aromatic heterocycles. The second-order valence-corrected chi connectivity index (χ2v) is 8.17. The van der Waals surface area contributed by atoms with Crippen molar-refractivity contribution in [3.63, 3.8) is 0 Å². The van der Waals surface area contributed by atoms with Crippen molar-refractivity contribution in [1.82, 2.24) is 10.2 Å². The highest BCUT2D eigenvalue weighted by atomic mass is 32.1. The predicted octanol–water partition coefficient (Wildman–Crippen LogP) is 3.47. The lowest BCUT2D eigenvalue weighted by Crippen LogP contribution is -2.40. The number of hydrogen-bond donors (Lipinski definition) is 3. The fourth-order valence-corrected chi connectivity index (χ4v) is 3.27. The van der Waals surface area contributed by atoms with Crippen molar-refractivity contribution in [2.24, 2.45) is 5.73 Å². The lowest BCUT2D eigenvalue weighted by Gasteiger charge is -2.26. The Hall–Kier alpha value is -1.93. The molecule has 1 saturated heterocycles. The van der Waals surface area contributed by atoms with Gasteiger partial charge in [0.2, 0.25) is 0 Å². The molecule has 2 rings (SSSR count). The van der Waals surface area contributed by atoms with Gasteiger partial charge in [0.25, 0.3) is 0 Å². The molecule has 4 N–H and O–H groups in total. The number of nitrogens with zero attached hydrogens (tertiary/aromatic N) is 1. The smallest absolute Gasteiger partial charge is 0.410 e. The molecular formula is C19H34N4O3S. The number of ether oxygens (including phenoxy) is 1. The van der Waals surface area contributed by atoms with Crippen LogP contribution in [-0.2, 0) is 9.53 Å². The quantitative estimate of drug-likeness (QED) is 0.410. The van der Waals surface area contributed by atoms with Gasteiger partial charge in [-0.1, -0.05) is 0 Å². The fraction of sp³-hybridized carbons (Fsp3) is 0.632. The molecule has 7 nitrogen and oxygen atoms in total. The first-order valence-corrected chi connectivity index (χ1v) is 9.85. The molecule has 154 valence electrons. The zero-order chi connectivity index (χ0) is 21.0. The molecule has 1 fully saturated rings. The number of amides is 1. The van der Waals surface area contributed by atoms with E-state index in [4.69, 9.17) is 10.1 Å². The van der Waals surface area contributed by atoms with E-state index in [-0.39, 0.29) is 12.1 Å². The number of nitrogens with one attached hydrogen (secondary N) is 2. The summed E-state index contributed by atoms with van der Waals surface area (Å²) >= 11 is 1.82. The molecule has 8 heteroatoms. The molecule has 2 atom stereocenters. The van der Waals surface area contributed by atoms with Gasteiger partial charge in [0.05, 0.1) is 12.4 Å². The molecule has 2 heterocycles. The van der Waals surface area contributed by atoms with E-state index < -0.39 is 5.60 Å². The zero-order valence-electron chi connectivity index (χ0n) is 17.2. The maximum absolute atomic E-state index is 11.6. The lowest BCUT2D eigenvalue weighted by atomic mass is 10.2. The Kier molecular flexibility index (Phi) is 11.6. The van der Waals surface area contributed by atoms with Crippen LogP contribution in [0.3, 0.4) is 0 Å². The van der Waals surface area contributed by atoms with Crippen molar-refractivity contribution in [2.45, 2.75) is 65.1 Å². The normalized spacial score (nSPS) is 17.0. The Labute approximate surface area is 166 Å². The molecule has 1 amide bonds. The Morgan fingerprint density at radius 3 is 2.52 bits per heavy atom. The van der Waals surface area contributed by atoms with Crippen LogP contribution in [0.1, 0.15) is 57.0 Å². The van der Waals surface area contributed by atoms with Crippen LogP contribution in [0, 0.1) is 12.3 Å². The van der Waals surface area contributed by atoms with Gasteiger partial charge in [0.1, 0.15) is 11.9 Å². The highest BCUT2D eigenvalue weighted by Crippen LogP contribution is 2.20. The summed E-state index contributed by atoms with van der Waals surface area (Å²) in [6, 6.07) is 2.44. The standard InChI is InChI=1S/C10H17NO3.C8H13NS.CH4N2/c1-10(2,3)14-9(13)11-6-4-5-8(11)7-12;1-6-4-8(10-5-6)7(2)9-3;2-1-3/h7-8H,4-6H2,1-3H3;4-5,7,9H,1-3H3;1H,(H3,2,3)/t;7-;/m.1./s1. The molecule has 27 heavy (non-hydrogen) atoms. The maximum atomic E-state index is 11.6. The van der Waals surface area contributed by atoms with Crippen LogP contribution in [0.25, 0.3) is 0 Å². The lowest BCUT2D eigenvalue weighted by molar-refractivity contribution is -0.111. The zero-order valence-corrected chi connectivity index (χ0v) is 18.1. The Balaban J connectivity index is 0.000000455. The Morgan fingerprint density at radius 1 is 1.52 bits per heavy atom. The van der Waals surface area contributed by atoms with Gasteiger partial charge in [-0.15, -0.1) is 11.3 Å². The first kappa shape index (κ1) is 25.1. The largest absolute Gasteiger partial charge is 0.444 e. The molecule has 0 spiro atoms. The van der Waals surface area contributed by atoms with Crippen molar-refractivity contribution in [1.29, 1.82) is 5.41 Å². The number of aldehydes is 1. The SMILES string of the molecule is CC(C)(C)OC(=O)N1CCCC1C=O.CN[C@H](C)c1cc(C)cs1.N=CN. The molecule has 0 radical (unpaired) electrons. The number of nitrogens with two attached hydrogens (primary N) is 1. The van der Waals surface area contributed by atoms with Gasteiger partial charge in [-0.25, -0.2) is 4.79 Å². The highest BCUT2D eigenvalue weighted by Gasteiger charge is 2.31. The summed E-state index contributed by atoms with van der Waals surface area (Å²) in [7, 11) is 1.99. The molecule has 1 aliphatic rings. The Bertz CT molecular complexity index is 584. The monoisotopic (exact) mass is 398 g/mol. The topological polar surface area (TPSA) is 109 Å². The van der Waals surface area contributed by atoms with Gasteiger partial charge in [-0.2, -0.15) is 0 Å². The van der Waals surface area contributed by atoms with Crippen molar-refractivity contribution in [3.8, 4) is 0 Å². The third-order valence-corrected chi connectivity index (χ3v) is 4.93. The van der Waals surface area contributed by atoms with Crippen LogP contribution in [-0.4, -0.2) is 48.9 Å².